The van der Waals surface area contributed by atoms with Crippen LogP contribution in [0.4, 0.5) is 0 Å². The molecule has 0 N–H and O–H groups in total. The van der Waals surface area contributed by atoms with Gasteiger partial charge in [0.1, 0.15) is 6.10 Å². The van der Waals surface area contributed by atoms with Crippen LogP contribution in [0, 0.1) is 0 Å². The van der Waals surface area contributed by atoms with Gasteiger partial charge < -0.3 is 14.2 Å². The average molecular weight is 226 g/mol. The molecule has 4 heteroatoms. The fourth-order valence-electron chi connectivity index (χ4n) is 2.34. The Kier molecular flexibility index (Phi) is 3.30. The molecule has 2 rings (SSSR count). The highest BCUT2D eigenvalue weighted by molar-refractivity contribution is 5.87. The van der Waals surface area contributed by atoms with Gasteiger partial charge in [-0.25, -0.2) is 4.79 Å². The predicted molar refractivity (Wildman–Crippen MR) is 57.8 cm³/mol. The highest BCUT2D eigenvalue weighted by Crippen LogP contribution is 2.39. The van der Waals surface area contributed by atoms with Crippen LogP contribution >= 0.6 is 0 Å². The van der Waals surface area contributed by atoms with Crippen LogP contribution in [0.3, 0.4) is 0 Å². The summed E-state index contributed by atoms with van der Waals surface area (Å²) in [5.41, 5.74) is 0.575. The monoisotopic (exact) mass is 226 g/mol. The molecule has 0 aromatic heterocycles. The van der Waals surface area contributed by atoms with Crippen LogP contribution in [0.15, 0.2) is 11.6 Å². The molecule has 1 aliphatic heterocycles. The maximum atomic E-state index is 11.2. The van der Waals surface area contributed by atoms with Crippen molar-refractivity contribution >= 4 is 5.97 Å². The van der Waals surface area contributed by atoms with E-state index in [1.807, 2.05) is 0 Å². The summed E-state index contributed by atoms with van der Waals surface area (Å²) in [7, 11) is 1.38. The number of carbonyl (C=O) groups excluding carboxylic acids is 1. The van der Waals surface area contributed by atoms with Crippen molar-refractivity contribution in [3.8, 4) is 0 Å². The van der Waals surface area contributed by atoms with Crippen LogP contribution < -0.4 is 0 Å². The number of ether oxygens (including phenoxy) is 3. The molecule has 2 aliphatic rings. The molecule has 0 bridgehead atoms. The van der Waals surface area contributed by atoms with Gasteiger partial charge in [-0.05, 0) is 25.8 Å². The second-order valence-electron chi connectivity index (χ2n) is 4.43. The van der Waals surface area contributed by atoms with E-state index in [2.05, 4.69) is 4.74 Å². The normalized spacial score (nSPS) is 28.6. The average Bonchev–Trinajstić information content (AvgIpc) is 2.89. The van der Waals surface area contributed by atoms with E-state index in [1.165, 1.54) is 7.11 Å². The summed E-state index contributed by atoms with van der Waals surface area (Å²) >= 11 is 0. The maximum Gasteiger partial charge on any atom is 0.333 e. The van der Waals surface area contributed by atoms with Crippen LogP contribution in [0.2, 0.25) is 0 Å². The Morgan fingerprint density at radius 3 is 2.75 bits per heavy atom. The fraction of sp³-hybridized carbons (Fsp3) is 0.750. The molecule has 0 aromatic rings. The smallest absolute Gasteiger partial charge is 0.333 e. The summed E-state index contributed by atoms with van der Waals surface area (Å²) in [6.45, 7) is 2.27. The van der Waals surface area contributed by atoms with Crippen LogP contribution in [-0.2, 0) is 19.0 Å². The number of carbonyl (C=O) groups is 1. The number of rotatable bonds is 2. The minimum Gasteiger partial charge on any atom is -0.466 e. The van der Waals surface area contributed by atoms with Crippen molar-refractivity contribution in [2.75, 3.05) is 13.7 Å². The van der Waals surface area contributed by atoms with Crippen LogP contribution in [0.1, 0.15) is 32.6 Å². The van der Waals surface area contributed by atoms with Gasteiger partial charge in [-0.3, -0.25) is 0 Å². The summed E-state index contributed by atoms with van der Waals surface area (Å²) in [6.07, 6.45) is 5.93. The third-order valence-electron chi connectivity index (χ3n) is 3.19. The van der Waals surface area contributed by atoms with E-state index in [9.17, 15) is 4.79 Å². The van der Waals surface area contributed by atoms with Crippen LogP contribution in [-0.4, -0.2) is 31.6 Å². The lowest BCUT2D eigenvalue weighted by Crippen LogP contribution is -2.26. The lowest BCUT2D eigenvalue weighted by Gasteiger charge is -2.21. The molecule has 4 nitrogen and oxygen atoms in total. The lowest BCUT2D eigenvalue weighted by molar-refractivity contribution is -0.157. The standard InChI is InChI=1S/C12H18O4/c1-9(11(13)14-2)7-10-8-15-12(16-10)5-3-4-6-12/h7,10H,3-6,8H2,1-2H3/b9-7+. The van der Waals surface area contributed by atoms with Crippen molar-refractivity contribution in [3.63, 3.8) is 0 Å². The van der Waals surface area contributed by atoms with E-state index in [1.54, 1.807) is 13.0 Å². The van der Waals surface area contributed by atoms with Crippen molar-refractivity contribution in [2.45, 2.75) is 44.5 Å². The molecule has 90 valence electrons. The molecule has 0 radical (unpaired) electrons. The first-order valence-electron chi connectivity index (χ1n) is 5.74. The second kappa shape index (κ2) is 4.55. The molecule has 1 atom stereocenters. The van der Waals surface area contributed by atoms with Gasteiger partial charge in [0.2, 0.25) is 0 Å². The van der Waals surface area contributed by atoms with E-state index in [0.29, 0.717) is 12.2 Å². The zero-order valence-electron chi connectivity index (χ0n) is 9.82. The Morgan fingerprint density at radius 1 is 1.44 bits per heavy atom. The molecule has 1 spiro atoms. The van der Waals surface area contributed by atoms with Crippen LogP contribution in [0.5, 0.6) is 0 Å². The highest BCUT2D eigenvalue weighted by Gasteiger charge is 2.43. The van der Waals surface area contributed by atoms with E-state index < -0.39 is 0 Å². The van der Waals surface area contributed by atoms with Crippen molar-refractivity contribution in [3.05, 3.63) is 11.6 Å². The fourth-order valence-corrected chi connectivity index (χ4v) is 2.34. The molecule has 1 unspecified atom stereocenters. The SMILES string of the molecule is COC(=O)/C(C)=C/C1COC2(CCCC2)O1. The molecule has 1 aliphatic carbocycles. The van der Waals surface area contributed by atoms with Crippen LogP contribution in [0.25, 0.3) is 0 Å². The quantitative estimate of drug-likeness (QED) is 0.532. The Labute approximate surface area is 95.6 Å². The lowest BCUT2D eigenvalue weighted by atomic mass is 10.2. The molecule has 1 saturated carbocycles. The Bertz CT molecular complexity index is 302. The van der Waals surface area contributed by atoms with E-state index >= 15 is 0 Å². The third kappa shape index (κ3) is 2.28. The van der Waals surface area contributed by atoms with E-state index in [-0.39, 0.29) is 17.9 Å². The predicted octanol–water partition coefficient (Wildman–Crippen LogP) is 1.79. The van der Waals surface area contributed by atoms with Crippen molar-refractivity contribution < 1.29 is 19.0 Å². The minimum atomic E-state index is -0.364. The van der Waals surface area contributed by atoms with E-state index in [0.717, 1.165) is 25.7 Å². The van der Waals surface area contributed by atoms with Crippen molar-refractivity contribution in [2.24, 2.45) is 0 Å². The summed E-state index contributed by atoms with van der Waals surface area (Å²) in [4.78, 5) is 11.2. The third-order valence-corrected chi connectivity index (χ3v) is 3.19. The highest BCUT2D eigenvalue weighted by atomic mass is 16.7. The van der Waals surface area contributed by atoms with E-state index in [4.69, 9.17) is 9.47 Å². The van der Waals surface area contributed by atoms with Gasteiger partial charge in [0, 0.05) is 18.4 Å². The van der Waals surface area contributed by atoms with Gasteiger partial charge in [0.15, 0.2) is 5.79 Å². The molecule has 0 amide bonds. The number of esters is 1. The van der Waals surface area contributed by atoms with Crippen molar-refractivity contribution in [1.29, 1.82) is 0 Å². The molecule has 2 fully saturated rings. The molecule has 16 heavy (non-hydrogen) atoms. The topological polar surface area (TPSA) is 44.8 Å². The van der Waals surface area contributed by atoms with Gasteiger partial charge in [0.05, 0.1) is 13.7 Å². The zero-order chi connectivity index (χ0) is 11.6. The number of methoxy groups -OCH3 is 1. The molecule has 1 saturated heterocycles. The maximum absolute atomic E-state index is 11.2. The Morgan fingerprint density at radius 2 is 2.12 bits per heavy atom. The summed E-state index contributed by atoms with van der Waals surface area (Å²) in [5.74, 6) is -0.673. The van der Waals surface area contributed by atoms with Gasteiger partial charge >= 0.3 is 5.97 Å². The summed E-state index contributed by atoms with van der Waals surface area (Å²) in [6, 6.07) is 0. The molecular weight excluding hydrogens is 208 g/mol. The van der Waals surface area contributed by atoms with Gasteiger partial charge in [0.25, 0.3) is 0 Å². The second-order valence-corrected chi connectivity index (χ2v) is 4.43. The Balaban J connectivity index is 1.96. The molecule has 0 aromatic carbocycles. The number of hydrogen-bond acceptors (Lipinski definition) is 4. The minimum absolute atomic E-state index is 0.114. The first-order chi connectivity index (χ1) is 7.65. The largest absolute Gasteiger partial charge is 0.466 e. The Hall–Kier alpha value is -0.870. The molecule has 1 heterocycles. The zero-order valence-corrected chi connectivity index (χ0v) is 9.82. The van der Waals surface area contributed by atoms with Gasteiger partial charge in [-0.1, -0.05) is 0 Å². The number of hydrogen-bond donors (Lipinski definition) is 0. The van der Waals surface area contributed by atoms with Gasteiger partial charge in [-0.15, -0.1) is 0 Å². The van der Waals surface area contributed by atoms with Crippen molar-refractivity contribution in [1.82, 2.24) is 0 Å². The van der Waals surface area contributed by atoms with Gasteiger partial charge in [-0.2, -0.15) is 0 Å². The summed E-state index contributed by atoms with van der Waals surface area (Å²) in [5, 5.41) is 0. The summed E-state index contributed by atoms with van der Waals surface area (Å²) < 4.78 is 16.2. The first-order valence-corrected chi connectivity index (χ1v) is 5.74. The molecular formula is C12H18O4. The first kappa shape index (κ1) is 11.6.